The third kappa shape index (κ3) is 4.94. The van der Waals surface area contributed by atoms with Crippen molar-refractivity contribution >= 4 is 23.4 Å². The minimum Gasteiger partial charge on any atom is -0.355 e. The highest BCUT2D eigenvalue weighted by Gasteiger charge is 2.35. The zero-order valence-electron chi connectivity index (χ0n) is 18.6. The largest absolute Gasteiger partial charge is 0.355 e. The van der Waals surface area contributed by atoms with Crippen molar-refractivity contribution in [2.24, 2.45) is 5.41 Å². The van der Waals surface area contributed by atoms with Gasteiger partial charge in [0.1, 0.15) is 23.5 Å². The van der Waals surface area contributed by atoms with Crippen molar-refractivity contribution in [1.82, 2.24) is 25.5 Å². The van der Waals surface area contributed by atoms with Crippen molar-refractivity contribution in [2.75, 3.05) is 13.1 Å². The Balaban J connectivity index is 2.06. The SMILES string of the molecule is CCNC(=O)C(NC(=O)c1nc(-c2cc(Cl)c(F)cc2F)n2c1CNCCC2)C(C)(C)C. The van der Waals surface area contributed by atoms with E-state index >= 15 is 0 Å². The van der Waals surface area contributed by atoms with E-state index in [0.717, 1.165) is 6.42 Å². The molecule has 2 amide bonds. The molecule has 0 bridgehead atoms. The lowest BCUT2D eigenvalue weighted by Crippen LogP contribution is -2.53. The zero-order chi connectivity index (χ0) is 23.6. The summed E-state index contributed by atoms with van der Waals surface area (Å²) in [6.07, 6.45) is 0.734. The number of carbonyl (C=O) groups excluding carboxylic acids is 2. The van der Waals surface area contributed by atoms with Gasteiger partial charge in [-0.3, -0.25) is 9.59 Å². The molecule has 2 heterocycles. The van der Waals surface area contributed by atoms with Crippen molar-refractivity contribution in [3.8, 4) is 11.4 Å². The molecule has 1 unspecified atom stereocenters. The van der Waals surface area contributed by atoms with Crippen LogP contribution in [-0.4, -0.2) is 40.5 Å². The van der Waals surface area contributed by atoms with E-state index in [2.05, 4.69) is 20.9 Å². The third-order valence-corrected chi connectivity index (χ3v) is 5.61. The van der Waals surface area contributed by atoms with E-state index in [1.165, 1.54) is 6.07 Å². The molecule has 0 aliphatic carbocycles. The summed E-state index contributed by atoms with van der Waals surface area (Å²) in [7, 11) is 0. The average molecular weight is 468 g/mol. The highest BCUT2D eigenvalue weighted by atomic mass is 35.5. The van der Waals surface area contributed by atoms with Gasteiger partial charge in [0, 0.05) is 25.7 Å². The van der Waals surface area contributed by atoms with Crippen LogP contribution in [0.3, 0.4) is 0 Å². The number of aromatic nitrogens is 2. The maximum Gasteiger partial charge on any atom is 0.272 e. The number of nitrogens with zero attached hydrogens (tertiary/aromatic N) is 2. The van der Waals surface area contributed by atoms with Crippen LogP contribution in [0.15, 0.2) is 12.1 Å². The summed E-state index contributed by atoms with van der Waals surface area (Å²) in [6, 6.07) is 1.08. The lowest BCUT2D eigenvalue weighted by atomic mass is 9.86. The van der Waals surface area contributed by atoms with Crippen LogP contribution in [0.4, 0.5) is 8.78 Å². The number of carbonyl (C=O) groups is 2. The highest BCUT2D eigenvalue weighted by molar-refractivity contribution is 6.31. The first kappa shape index (κ1) is 24.1. The molecule has 3 N–H and O–H groups in total. The van der Waals surface area contributed by atoms with E-state index in [4.69, 9.17) is 11.6 Å². The molecule has 174 valence electrons. The van der Waals surface area contributed by atoms with E-state index in [1.54, 1.807) is 11.5 Å². The molecule has 1 atom stereocenters. The number of fused-ring (bicyclic) bond motifs is 1. The Kier molecular flexibility index (Phi) is 7.19. The number of hydrogen-bond acceptors (Lipinski definition) is 4. The Hall–Kier alpha value is -2.52. The van der Waals surface area contributed by atoms with Crippen molar-refractivity contribution in [1.29, 1.82) is 0 Å². The van der Waals surface area contributed by atoms with Gasteiger partial charge in [0.15, 0.2) is 5.69 Å². The molecule has 1 aromatic heterocycles. The van der Waals surface area contributed by atoms with Crippen LogP contribution in [-0.2, 0) is 17.9 Å². The molecule has 3 rings (SSSR count). The van der Waals surface area contributed by atoms with Crippen LogP contribution in [0.5, 0.6) is 0 Å². The summed E-state index contributed by atoms with van der Waals surface area (Å²) < 4.78 is 30.1. The quantitative estimate of drug-likeness (QED) is 0.589. The molecule has 0 saturated heterocycles. The zero-order valence-corrected chi connectivity index (χ0v) is 19.4. The number of benzene rings is 1. The van der Waals surface area contributed by atoms with Crippen LogP contribution in [0, 0.1) is 17.0 Å². The number of nitrogens with one attached hydrogen (secondary N) is 3. The molecular weight excluding hydrogens is 440 g/mol. The molecule has 32 heavy (non-hydrogen) atoms. The molecule has 1 aliphatic rings. The second-order valence-corrected chi connectivity index (χ2v) is 9.23. The molecular formula is C22H28ClF2N5O2. The molecule has 2 aromatic rings. The van der Waals surface area contributed by atoms with E-state index in [1.807, 2.05) is 20.8 Å². The predicted molar refractivity (Wildman–Crippen MR) is 118 cm³/mol. The fourth-order valence-electron chi connectivity index (χ4n) is 3.71. The number of likely N-dealkylation sites (N-methyl/N-ethyl adjacent to an activating group) is 1. The molecule has 10 heteroatoms. The van der Waals surface area contributed by atoms with Gasteiger partial charge < -0.3 is 20.5 Å². The van der Waals surface area contributed by atoms with E-state index in [9.17, 15) is 18.4 Å². The number of rotatable bonds is 5. The third-order valence-electron chi connectivity index (χ3n) is 5.32. The summed E-state index contributed by atoms with van der Waals surface area (Å²) >= 11 is 5.89. The maximum absolute atomic E-state index is 14.6. The lowest BCUT2D eigenvalue weighted by molar-refractivity contribution is -0.125. The summed E-state index contributed by atoms with van der Waals surface area (Å²) in [5.41, 5.74) is 0.115. The Morgan fingerprint density at radius 2 is 2.00 bits per heavy atom. The first-order valence-electron chi connectivity index (χ1n) is 10.6. The minimum absolute atomic E-state index is 0.00898. The molecule has 7 nitrogen and oxygen atoms in total. The monoisotopic (exact) mass is 467 g/mol. The number of hydrogen-bond donors (Lipinski definition) is 3. The second-order valence-electron chi connectivity index (χ2n) is 8.83. The minimum atomic E-state index is -0.870. The van der Waals surface area contributed by atoms with Crippen molar-refractivity contribution in [3.63, 3.8) is 0 Å². The van der Waals surface area contributed by atoms with Gasteiger partial charge in [-0.05, 0) is 31.4 Å². The Morgan fingerprint density at radius 3 is 2.66 bits per heavy atom. The van der Waals surface area contributed by atoms with Gasteiger partial charge >= 0.3 is 0 Å². The van der Waals surface area contributed by atoms with Gasteiger partial charge in [0.2, 0.25) is 5.91 Å². The van der Waals surface area contributed by atoms with E-state index in [-0.39, 0.29) is 28.0 Å². The average Bonchev–Trinajstić information content (AvgIpc) is 2.89. The van der Waals surface area contributed by atoms with E-state index < -0.39 is 29.0 Å². The molecule has 0 fully saturated rings. The molecule has 1 aliphatic heterocycles. The second kappa shape index (κ2) is 9.54. The summed E-state index contributed by atoms with van der Waals surface area (Å²) in [6.45, 7) is 9.32. The maximum atomic E-state index is 14.6. The van der Waals surface area contributed by atoms with Crippen LogP contribution < -0.4 is 16.0 Å². The fraction of sp³-hybridized carbons (Fsp3) is 0.500. The number of halogens is 3. The molecule has 0 spiro atoms. The molecule has 0 radical (unpaired) electrons. The van der Waals surface area contributed by atoms with Crippen LogP contribution in [0.1, 0.15) is 50.3 Å². The van der Waals surface area contributed by atoms with Gasteiger partial charge in [-0.15, -0.1) is 0 Å². The highest BCUT2D eigenvalue weighted by Crippen LogP contribution is 2.30. The van der Waals surface area contributed by atoms with Crippen LogP contribution >= 0.6 is 11.6 Å². The Morgan fingerprint density at radius 1 is 1.28 bits per heavy atom. The topological polar surface area (TPSA) is 88.1 Å². The number of imidazole rings is 1. The van der Waals surface area contributed by atoms with Crippen LogP contribution in [0.2, 0.25) is 5.02 Å². The first-order valence-corrected chi connectivity index (χ1v) is 11.0. The van der Waals surface area contributed by atoms with Gasteiger partial charge in [-0.25, -0.2) is 13.8 Å². The number of amides is 2. The van der Waals surface area contributed by atoms with Crippen molar-refractivity contribution in [3.05, 3.63) is 40.2 Å². The van der Waals surface area contributed by atoms with Gasteiger partial charge in [-0.1, -0.05) is 32.4 Å². The Bertz CT molecular complexity index is 1030. The van der Waals surface area contributed by atoms with Crippen molar-refractivity contribution < 1.29 is 18.4 Å². The summed E-state index contributed by atoms with van der Waals surface area (Å²) in [4.78, 5) is 30.3. The smallest absolute Gasteiger partial charge is 0.272 e. The first-order chi connectivity index (χ1) is 15.0. The van der Waals surface area contributed by atoms with Gasteiger partial charge in [0.05, 0.1) is 16.3 Å². The Labute approximate surface area is 190 Å². The molecule has 1 aromatic carbocycles. The predicted octanol–water partition coefficient (Wildman–Crippen LogP) is 3.26. The van der Waals surface area contributed by atoms with Crippen LogP contribution in [0.25, 0.3) is 11.4 Å². The van der Waals surface area contributed by atoms with Crippen molar-refractivity contribution in [2.45, 2.75) is 53.2 Å². The lowest BCUT2D eigenvalue weighted by Gasteiger charge is -2.30. The normalized spacial score (nSPS) is 15.0. The van der Waals surface area contributed by atoms with E-state index in [0.29, 0.717) is 37.9 Å². The summed E-state index contributed by atoms with van der Waals surface area (Å²) in [5, 5.41) is 8.52. The van der Waals surface area contributed by atoms with Gasteiger partial charge in [0.25, 0.3) is 5.91 Å². The summed E-state index contributed by atoms with van der Waals surface area (Å²) in [5.74, 6) is -2.33. The van der Waals surface area contributed by atoms with Gasteiger partial charge in [-0.2, -0.15) is 0 Å². The molecule has 0 saturated carbocycles. The fourth-order valence-corrected chi connectivity index (χ4v) is 3.87. The standard InChI is InChI=1S/C22H28ClF2N5O2/c1-5-27-21(32)18(22(2,3)4)29-20(31)17-16-11-26-7-6-8-30(16)19(28-17)12-9-13(23)15(25)10-14(12)24/h9-10,18,26H,5-8,11H2,1-4H3,(H,27,32)(H,29,31).